The average Bonchev–Trinajstić information content (AvgIpc) is 2.41. The van der Waals surface area contributed by atoms with Gasteiger partial charge >= 0.3 is 5.97 Å². The Morgan fingerprint density at radius 2 is 1.90 bits per heavy atom. The molecule has 0 radical (unpaired) electrons. The van der Waals surface area contributed by atoms with Crippen molar-refractivity contribution in [3.05, 3.63) is 71.0 Å². The van der Waals surface area contributed by atoms with Crippen molar-refractivity contribution in [2.24, 2.45) is 0 Å². The normalized spacial score (nSPS) is 17.9. The lowest BCUT2D eigenvalue weighted by Crippen LogP contribution is -2.23. The van der Waals surface area contributed by atoms with Crippen LogP contribution in [0.3, 0.4) is 0 Å². The van der Waals surface area contributed by atoms with Crippen LogP contribution < -0.4 is 0 Å². The molecule has 0 saturated heterocycles. The van der Waals surface area contributed by atoms with Crippen molar-refractivity contribution in [3.63, 3.8) is 0 Å². The number of carboxylic acids is 1. The maximum atomic E-state index is 13.8. The molecule has 20 heavy (non-hydrogen) atoms. The number of fused-ring (bicyclic) bond motifs is 1. The minimum atomic E-state index is -0.959. The van der Waals surface area contributed by atoms with Crippen molar-refractivity contribution >= 4 is 5.97 Å². The zero-order chi connectivity index (χ0) is 14.1. The second-order valence-electron chi connectivity index (χ2n) is 5.25. The van der Waals surface area contributed by atoms with Crippen LogP contribution in [0, 0.1) is 5.82 Å². The molecule has 1 aliphatic rings. The highest BCUT2D eigenvalue weighted by Gasteiger charge is 2.32. The maximum absolute atomic E-state index is 13.8. The second kappa shape index (κ2) is 5.08. The van der Waals surface area contributed by atoms with E-state index in [-0.39, 0.29) is 11.5 Å². The van der Waals surface area contributed by atoms with Crippen molar-refractivity contribution in [3.8, 4) is 0 Å². The van der Waals surface area contributed by atoms with Crippen LogP contribution in [0.15, 0.2) is 48.5 Å². The number of aliphatic carboxylic acids is 1. The van der Waals surface area contributed by atoms with Crippen molar-refractivity contribution in [2.45, 2.75) is 24.7 Å². The first-order valence-electron chi connectivity index (χ1n) is 6.72. The van der Waals surface area contributed by atoms with Crippen LogP contribution >= 0.6 is 0 Å². The molecule has 102 valence electrons. The van der Waals surface area contributed by atoms with Gasteiger partial charge in [0.2, 0.25) is 0 Å². The molecule has 0 aromatic heterocycles. The molecule has 0 heterocycles. The first-order chi connectivity index (χ1) is 9.66. The Hall–Kier alpha value is -2.16. The number of carbonyl (C=O) groups is 1. The van der Waals surface area contributed by atoms with Gasteiger partial charge in [-0.3, -0.25) is 4.79 Å². The molecule has 0 fully saturated rings. The molecule has 3 rings (SSSR count). The molecule has 0 spiro atoms. The zero-order valence-corrected chi connectivity index (χ0v) is 10.9. The van der Waals surface area contributed by atoms with Gasteiger partial charge in [-0.25, -0.2) is 4.39 Å². The van der Waals surface area contributed by atoms with E-state index in [1.165, 1.54) is 17.2 Å². The van der Waals surface area contributed by atoms with E-state index in [0.717, 1.165) is 6.42 Å². The summed E-state index contributed by atoms with van der Waals surface area (Å²) in [6.07, 6.45) is 1.34. The van der Waals surface area contributed by atoms with E-state index in [1.54, 1.807) is 18.2 Å². The van der Waals surface area contributed by atoms with Gasteiger partial charge in [-0.15, -0.1) is 0 Å². The molecule has 2 nitrogen and oxygen atoms in total. The first-order valence-corrected chi connectivity index (χ1v) is 6.72. The van der Waals surface area contributed by atoms with Gasteiger partial charge in [0.05, 0.1) is 5.92 Å². The summed E-state index contributed by atoms with van der Waals surface area (Å²) in [6.45, 7) is 0. The molecule has 1 N–H and O–H groups in total. The van der Waals surface area contributed by atoms with Gasteiger partial charge in [-0.2, -0.15) is 0 Å². The Morgan fingerprint density at radius 1 is 1.20 bits per heavy atom. The van der Waals surface area contributed by atoms with Crippen molar-refractivity contribution in [2.75, 3.05) is 0 Å². The Bertz CT molecular complexity index is 651. The van der Waals surface area contributed by atoms with Crippen LogP contribution in [0.1, 0.15) is 34.9 Å². The van der Waals surface area contributed by atoms with Gasteiger partial charge in [0, 0.05) is 5.56 Å². The topological polar surface area (TPSA) is 37.3 Å². The lowest BCUT2D eigenvalue weighted by atomic mass is 9.72. The molecule has 2 aromatic carbocycles. The van der Waals surface area contributed by atoms with Gasteiger partial charge in [0.15, 0.2) is 0 Å². The van der Waals surface area contributed by atoms with Crippen molar-refractivity contribution in [1.82, 2.24) is 0 Å². The number of halogens is 1. The third-order valence-electron chi connectivity index (χ3n) is 4.06. The predicted octanol–water partition coefficient (Wildman–Crippen LogP) is 3.72. The molecule has 0 bridgehead atoms. The van der Waals surface area contributed by atoms with E-state index in [1.807, 2.05) is 18.2 Å². The molecular formula is C17H15FO2. The molecule has 2 unspecified atom stereocenters. The minimum absolute atomic E-state index is 0.215. The van der Waals surface area contributed by atoms with Crippen molar-refractivity contribution in [1.29, 1.82) is 0 Å². The standard InChI is InChI=1S/C17H15FO2/c18-16-8-4-3-7-14(16)15(17(19)20)10-12-9-11-5-1-2-6-13(11)12/h1-8,12,15H,9-10H2,(H,19,20). The SMILES string of the molecule is O=C(O)C(CC1Cc2ccccc21)c1ccccc1F. The Morgan fingerprint density at radius 3 is 2.60 bits per heavy atom. The molecule has 3 heteroatoms. The molecule has 0 amide bonds. The third kappa shape index (κ3) is 2.20. The summed E-state index contributed by atoms with van der Waals surface area (Å²) in [5.74, 6) is -1.96. The van der Waals surface area contributed by atoms with Gasteiger partial charge in [-0.1, -0.05) is 42.5 Å². The van der Waals surface area contributed by atoms with E-state index < -0.39 is 17.7 Å². The number of rotatable bonds is 4. The summed E-state index contributed by atoms with van der Waals surface area (Å²) in [6, 6.07) is 14.2. The fourth-order valence-electron chi connectivity index (χ4n) is 2.98. The molecule has 2 aromatic rings. The number of carboxylic acid groups (broad SMARTS) is 1. The van der Waals surface area contributed by atoms with Crippen LogP contribution in [-0.4, -0.2) is 11.1 Å². The van der Waals surface area contributed by atoms with Crippen LogP contribution in [0.2, 0.25) is 0 Å². The molecule has 2 atom stereocenters. The predicted molar refractivity (Wildman–Crippen MR) is 74.3 cm³/mol. The van der Waals surface area contributed by atoms with Gasteiger partial charge in [-0.05, 0) is 36.0 Å². The average molecular weight is 270 g/mol. The monoisotopic (exact) mass is 270 g/mol. The van der Waals surface area contributed by atoms with Gasteiger partial charge in [0.1, 0.15) is 5.82 Å². The number of hydrogen-bond acceptors (Lipinski definition) is 1. The largest absolute Gasteiger partial charge is 0.481 e. The molecule has 0 aliphatic heterocycles. The highest BCUT2D eigenvalue weighted by molar-refractivity contribution is 5.76. The fourth-order valence-corrected chi connectivity index (χ4v) is 2.98. The first kappa shape index (κ1) is 12.9. The molecule has 1 aliphatic carbocycles. The van der Waals surface area contributed by atoms with E-state index in [2.05, 4.69) is 6.07 Å². The lowest BCUT2D eigenvalue weighted by Gasteiger charge is -2.32. The van der Waals surface area contributed by atoms with Gasteiger partial charge < -0.3 is 5.11 Å². The maximum Gasteiger partial charge on any atom is 0.311 e. The highest BCUT2D eigenvalue weighted by atomic mass is 19.1. The van der Waals surface area contributed by atoms with Crippen molar-refractivity contribution < 1.29 is 14.3 Å². The smallest absolute Gasteiger partial charge is 0.311 e. The molecular weight excluding hydrogens is 255 g/mol. The van der Waals surface area contributed by atoms with E-state index >= 15 is 0 Å². The molecule has 0 saturated carbocycles. The Balaban J connectivity index is 1.84. The zero-order valence-electron chi connectivity index (χ0n) is 10.9. The highest BCUT2D eigenvalue weighted by Crippen LogP contribution is 2.41. The summed E-state index contributed by atoms with van der Waals surface area (Å²) in [4.78, 5) is 11.5. The quantitative estimate of drug-likeness (QED) is 0.919. The van der Waals surface area contributed by atoms with Crippen LogP contribution in [0.4, 0.5) is 4.39 Å². The Labute approximate surface area is 116 Å². The summed E-state index contributed by atoms with van der Waals surface area (Å²) < 4.78 is 13.8. The van der Waals surface area contributed by atoms with E-state index in [0.29, 0.717) is 6.42 Å². The summed E-state index contributed by atoms with van der Waals surface area (Å²) >= 11 is 0. The number of benzene rings is 2. The lowest BCUT2D eigenvalue weighted by molar-refractivity contribution is -0.139. The van der Waals surface area contributed by atoms with Crippen LogP contribution in [0.5, 0.6) is 0 Å². The Kier molecular flexibility index (Phi) is 3.26. The summed E-state index contributed by atoms with van der Waals surface area (Å²) in [7, 11) is 0. The second-order valence-corrected chi connectivity index (χ2v) is 5.25. The number of hydrogen-bond donors (Lipinski definition) is 1. The fraction of sp³-hybridized carbons (Fsp3) is 0.235. The van der Waals surface area contributed by atoms with E-state index in [4.69, 9.17) is 0 Å². The van der Waals surface area contributed by atoms with Crippen LogP contribution in [0.25, 0.3) is 0 Å². The summed E-state index contributed by atoms with van der Waals surface area (Å²) in [5.41, 5.74) is 2.76. The minimum Gasteiger partial charge on any atom is -0.481 e. The third-order valence-corrected chi connectivity index (χ3v) is 4.06. The van der Waals surface area contributed by atoms with E-state index in [9.17, 15) is 14.3 Å². The van der Waals surface area contributed by atoms with Gasteiger partial charge in [0.25, 0.3) is 0 Å². The summed E-state index contributed by atoms with van der Waals surface area (Å²) in [5, 5.41) is 9.40. The van der Waals surface area contributed by atoms with Crippen LogP contribution in [-0.2, 0) is 11.2 Å².